The summed E-state index contributed by atoms with van der Waals surface area (Å²) >= 11 is 0. The van der Waals surface area contributed by atoms with Gasteiger partial charge in [-0.15, -0.1) is 0 Å². The second kappa shape index (κ2) is 4.48. The molecular formula is C13H24N2O. The number of hydrogen-bond acceptors (Lipinski definition) is 2. The lowest BCUT2D eigenvalue weighted by Gasteiger charge is -2.42. The summed E-state index contributed by atoms with van der Waals surface area (Å²) in [6.45, 7) is 12.0. The second-order valence-corrected chi connectivity index (χ2v) is 6.12. The summed E-state index contributed by atoms with van der Waals surface area (Å²) in [5.74, 6) is 0.731. The van der Waals surface area contributed by atoms with Gasteiger partial charge >= 0.3 is 0 Å². The second-order valence-electron chi connectivity index (χ2n) is 6.12. The maximum atomic E-state index is 11.9. The molecule has 1 fully saturated rings. The molecule has 3 heteroatoms. The van der Waals surface area contributed by atoms with Crippen LogP contribution in [0.15, 0.2) is 12.3 Å². The van der Waals surface area contributed by atoms with Gasteiger partial charge in [-0.2, -0.15) is 0 Å². The highest BCUT2D eigenvalue weighted by Crippen LogP contribution is 2.27. The van der Waals surface area contributed by atoms with Crippen LogP contribution < -0.4 is 0 Å². The lowest BCUT2D eigenvalue weighted by Crippen LogP contribution is -2.52. The largest absolute Gasteiger partial charge is 0.381 e. The number of rotatable bonds is 3. The first-order valence-electron chi connectivity index (χ1n) is 5.84. The fourth-order valence-electron chi connectivity index (χ4n) is 1.82. The van der Waals surface area contributed by atoms with Gasteiger partial charge in [-0.25, -0.2) is 0 Å². The van der Waals surface area contributed by atoms with Gasteiger partial charge in [-0.05, 0) is 5.41 Å². The van der Waals surface area contributed by atoms with Crippen LogP contribution in [0.5, 0.6) is 0 Å². The molecule has 0 aromatic rings. The van der Waals surface area contributed by atoms with Crippen LogP contribution in [0.4, 0.5) is 0 Å². The van der Waals surface area contributed by atoms with Crippen molar-refractivity contribution in [1.82, 2.24) is 9.80 Å². The van der Waals surface area contributed by atoms with Crippen molar-refractivity contribution in [3.8, 4) is 0 Å². The average Bonchev–Trinajstić information content (AvgIpc) is 1.96. The van der Waals surface area contributed by atoms with Gasteiger partial charge in [-0.1, -0.05) is 27.4 Å². The normalized spacial score (nSPS) is 16.9. The zero-order valence-corrected chi connectivity index (χ0v) is 11.2. The summed E-state index contributed by atoms with van der Waals surface area (Å²) in [5.41, 5.74) is 1.21. The zero-order valence-electron chi connectivity index (χ0n) is 11.2. The summed E-state index contributed by atoms with van der Waals surface area (Å²) in [6, 6.07) is 0. The summed E-state index contributed by atoms with van der Waals surface area (Å²) in [5, 5.41) is 0. The molecule has 1 amide bonds. The van der Waals surface area contributed by atoms with Gasteiger partial charge < -0.3 is 9.80 Å². The summed E-state index contributed by atoms with van der Waals surface area (Å²) in [4.78, 5) is 15.8. The molecule has 0 N–H and O–H groups in total. The molecule has 1 rings (SSSR count). The van der Waals surface area contributed by atoms with Gasteiger partial charge in [0.2, 0.25) is 5.91 Å². The zero-order chi connectivity index (χ0) is 12.5. The number of carbonyl (C=O) groups excluding carboxylic acids is 1. The summed E-state index contributed by atoms with van der Waals surface area (Å²) in [7, 11) is 4.00. The Morgan fingerprint density at radius 2 is 1.88 bits per heavy atom. The number of likely N-dealkylation sites (tertiary alicyclic amines) is 1. The van der Waals surface area contributed by atoms with Crippen molar-refractivity contribution in [3.63, 3.8) is 0 Å². The topological polar surface area (TPSA) is 23.6 Å². The molecule has 3 nitrogen and oxygen atoms in total. The number of nitrogens with zero attached hydrogens (tertiary/aromatic N) is 2. The van der Waals surface area contributed by atoms with Crippen LogP contribution >= 0.6 is 0 Å². The molecule has 0 radical (unpaired) electrons. The number of carbonyl (C=O) groups is 1. The molecule has 1 saturated heterocycles. The molecule has 0 spiro atoms. The Bertz CT molecular complexity index is 283. The summed E-state index contributed by atoms with van der Waals surface area (Å²) in [6.07, 6.45) is 0.633. The molecule has 16 heavy (non-hydrogen) atoms. The van der Waals surface area contributed by atoms with E-state index in [1.165, 1.54) is 0 Å². The van der Waals surface area contributed by atoms with E-state index in [0.717, 1.165) is 18.8 Å². The Kier molecular flexibility index (Phi) is 3.66. The highest BCUT2D eigenvalue weighted by atomic mass is 16.2. The monoisotopic (exact) mass is 224 g/mol. The third kappa shape index (κ3) is 3.26. The fraction of sp³-hybridized carbons (Fsp3) is 0.769. The Morgan fingerprint density at radius 1 is 1.38 bits per heavy atom. The predicted molar refractivity (Wildman–Crippen MR) is 67.0 cm³/mol. The highest BCUT2D eigenvalue weighted by Gasteiger charge is 2.34. The van der Waals surface area contributed by atoms with Crippen LogP contribution in [0, 0.1) is 11.3 Å². The minimum atomic E-state index is 0.0841. The third-order valence-corrected chi connectivity index (χ3v) is 2.96. The lowest BCUT2D eigenvalue weighted by atomic mass is 9.89. The summed E-state index contributed by atoms with van der Waals surface area (Å²) < 4.78 is 0. The van der Waals surface area contributed by atoms with Crippen LogP contribution in [0.3, 0.4) is 0 Å². The van der Waals surface area contributed by atoms with Crippen molar-refractivity contribution < 1.29 is 4.79 Å². The number of amides is 1. The maximum absolute atomic E-state index is 11.9. The molecule has 0 bridgehead atoms. The molecule has 92 valence electrons. The van der Waals surface area contributed by atoms with E-state index >= 15 is 0 Å². The van der Waals surface area contributed by atoms with E-state index < -0.39 is 0 Å². The quantitative estimate of drug-likeness (QED) is 0.731. The maximum Gasteiger partial charge on any atom is 0.223 e. The number of hydrogen-bond donors (Lipinski definition) is 0. The van der Waals surface area contributed by atoms with Gasteiger partial charge in [-0.3, -0.25) is 4.79 Å². The molecule has 0 saturated carbocycles. The van der Waals surface area contributed by atoms with Crippen LogP contribution in [0.1, 0.15) is 27.2 Å². The average molecular weight is 224 g/mol. The fourth-order valence-corrected chi connectivity index (χ4v) is 1.82. The van der Waals surface area contributed by atoms with Gasteiger partial charge in [0.15, 0.2) is 0 Å². The van der Waals surface area contributed by atoms with Gasteiger partial charge in [0.1, 0.15) is 0 Å². The van der Waals surface area contributed by atoms with Crippen LogP contribution in [0.2, 0.25) is 0 Å². The highest BCUT2D eigenvalue weighted by molar-refractivity contribution is 5.77. The van der Waals surface area contributed by atoms with E-state index in [-0.39, 0.29) is 11.3 Å². The smallest absolute Gasteiger partial charge is 0.223 e. The van der Waals surface area contributed by atoms with Gasteiger partial charge in [0.25, 0.3) is 0 Å². The van der Waals surface area contributed by atoms with Crippen molar-refractivity contribution >= 4 is 5.91 Å². The van der Waals surface area contributed by atoms with Crippen molar-refractivity contribution in [3.05, 3.63) is 12.3 Å². The Hall–Kier alpha value is -0.990. The first-order valence-corrected chi connectivity index (χ1v) is 5.84. The molecule has 1 heterocycles. The molecule has 0 unspecified atom stereocenters. The van der Waals surface area contributed by atoms with Crippen molar-refractivity contribution in [2.75, 3.05) is 27.2 Å². The minimum absolute atomic E-state index is 0.0841. The van der Waals surface area contributed by atoms with E-state index in [0.29, 0.717) is 12.3 Å². The van der Waals surface area contributed by atoms with Crippen LogP contribution in [-0.2, 0) is 4.79 Å². The molecule has 1 aliphatic heterocycles. The Labute approximate surface area is 99.1 Å². The third-order valence-electron chi connectivity index (χ3n) is 2.96. The standard InChI is InChI=1S/C13H24N2O/c1-10(14(5)6)11-8-15(9-11)12(16)7-13(2,3)4/h11H,1,7-9H2,2-6H3. The van der Waals surface area contributed by atoms with E-state index in [9.17, 15) is 4.79 Å². The van der Waals surface area contributed by atoms with Crippen molar-refractivity contribution in [1.29, 1.82) is 0 Å². The van der Waals surface area contributed by atoms with Crippen LogP contribution in [-0.4, -0.2) is 42.9 Å². The Balaban J connectivity index is 2.36. The van der Waals surface area contributed by atoms with E-state index in [2.05, 4.69) is 27.4 Å². The van der Waals surface area contributed by atoms with E-state index in [4.69, 9.17) is 0 Å². The molecular weight excluding hydrogens is 200 g/mol. The lowest BCUT2D eigenvalue weighted by molar-refractivity contribution is -0.138. The van der Waals surface area contributed by atoms with Crippen molar-refractivity contribution in [2.24, 2.45) is 11.3 Å². The molecule has 0 aromatic carbocycles. The van der Waals surface area contributed by atoms with Gasteiger partial charge in [0.05, 0.1) is 0 Å². The predicted octanol–water partition coefficient (Wildman–Crippen LogP) is 1.96. The molecule has 0 atom stereocenters. The molecule has 0 aliphatic carbocycles. The first-order chi connectivity index (χ1) is 7.20. The Morgan fingerprint density at radius 3 is 2.25 bits per heavy atom. The SMILES string of the molecule is C=C(C1CN(C(=O)CC(C)(C)C)C1)N(C)C. The minimum Gasteiger partial charge on any atom is -0.381 e. The molecule has 1 aliphatic rings. The van der Waals surface area contributed by atoms with E-state index in [1.54, 1.807) is 0 Å². The van der Waals surface area contributed by atoms with E-state index in [1.807, 2.05) is 23.9 Å². The molecule has 0 aromatic heterocycles. The first kappa shape index (κ1) is 13.1. The van der Waals surface area contributed by atoms with Crippen LogP contribution in [0.25, 0.3) is 0 Å². The van der Waals surface area contributed by atoms with Gasteiger partial charge in [0, 0.05) is 45.2 Å². The van der Waals surface area contributed by atoms with Crippen molar-refractivity contribution in [2.45, 2.75) is 27.2 Å².